The summed E-state index contributed by atoms with van der Waals surface area (Å²) >= 11 is 18.0. The van der Waals surface area contributed by atoms with Crippen molar-refractivity contribution in [1.82, 2.24) is 4.31 Å². The molecule has 0 unspecified atom stereocenters. The predicted octanol–water partition coefficient (Wildman–Crippen LogP) is 6.60. The lowest BCUT2D eigenvalue weighted by molar-refractivity contribution is -0.116. The molecule has 1 amide bonds. The zero-order valence-corrected chi connectivity index (χ0v) is 21.1. The number of anilines is 1. The second kappa shape index (κ2) is 10.9. The Labute approximate surface area is 209 Å². The largest absolute Gasteiger partial charge is 0.325 e. The SMILES string of the molecule is CC(C)c1ccc(NC(=O)CN(Cc2ccc(Cl)c(Cl)c2)S(=O)(=O)c2ccc(Cl)cc2)cc1. The first-order valence-electron chi connectivity index (χ1n) is 10.2. The summed E-state index contributed by atoms with van der Waals surface area (Å²) in [5.74, 6) is -0.106. The Bertz CT molecular complexity index is 1230. The highest BCUT2D eigenvalue weighted by Crippen LogP contribution is 2.26. The van der Waals surface area contributed by atoms with Gasteiger partial charge in [-0.15, -0.1) is 0 Å². The second-order valence-electron chi connectivity index (χ2n) is 7.80. The van der Waals surface area contributed by atoms with Crippen LogP contribution < -0.4 is 5.32 Å². The molecule has 174 valence electrons. The monoisotopic (exact) mass is 524 g/mol. The van der Waals surface area contributed by atoms with Gasteiger partial charge in [0.25, 0.3) is 0 Å². The lowest BCUT2D eigenvalue weighted by Crippen LogP contribution is -2.37. The van der Waals surface area contributed by atoms with Gasteiger partial charge in [0.2, 0.25) is 15.9 Å². The molecule has 5 nitrogen and oxygen atoms in total. The van der Waals surface area contributed by atoms with Crippen molar-refractivity contribution in [2.75, 3.05) is 11.9 Å². The number of halogens is 3. The van der Waals surface area contributed by atoms with Crippen molar-refractivity contribution in [2.24, 2.45) is 0 Å². The summed E-state index contributed by atoms with van der Waals surface area (Å²) in [4.78, 5) is 12.8. The summed E-state index contributed by atoms with van der Waals surface area (Å²) in [6.07, 6.45) is 0. The van der Waals surface area contributed by atoms with Gasteiger partial charge < -0.3 is 5.32 Å². The second-order valence-corrected chi connectivity index (χ2v) is 11.0. The third kappa shape index (κ3) is 6.71. The van der Waals surface area contributed by atoms with Crippen LogP contribution in [0.15, 0.2) is 71.6 Å². The number of rotatable bonds is 8. The Hall–Kier alpha value is -2.09. The van der Waals surface area contributed by atoms with Crippen LogP contribution in [0.5, 0.6) is 0 Å². The standard InChI is InChI=1S/C24H23Cl3N2O3S/c1-16(2)18-4-8-20(9-5-18)28-24(30)15-29(14-17-3-12-22(26)23(27)13-17)33(31,32)21-10-6-19(25)7-11-21/h3-13,16H,14-15H2,1-2H3,(H,28,30). The molecule has 0 saturated carbocycles. The van der Waals surface area contributed by atoms with Crippen molar-refractivity contribution < 1.29 is 13.2 Å². The number of nitrogens with zero attached hydrogens (tertiary/aromatic N) is 1. The molecular weight excluding hydrogens is 503 g/mol. The average Bonchev–Trinajstić information content (AvgIpc) is 2.76. The number of carbonyl (C=O) groups excluding carboxylic acids is 1. The zero-order chi connectivity index (χ0) is 24.2. The maximum atomic E-state index is 13.4. The van der Waals surface area contributed by atoms with E-state index in [1.54, 1.807) is 30.3 Å². The third-order valence-electron chi connectivity index (χ3n) is 4.98. The summed E-state index contributed by atoms with van der Waals surface area (Å²) in [6.45, 7) is 3.70. The van der Waals surface area contributed by atoms with Crippen LogP contribution in [-0.4, -0.2) is 25.2 Å². The van der Waals surface area contributed by atoms with Gasteiger partial charge in [-0.1, -0.05) is 66.8 Å². The summed E-state index contributed by atoms with van der Waals surface area (Å²) in [7, 11) is -4.01. The van der Waals surface area contributed by atoms with Crippen LogP contribution >= 0.6 is 34.8 Å². The molecule has 9 heteroatoms. The molecular formula is C24H23Cl3N2O3S. The minimum absolute atomic E-state index is 0.0287. The number of sulfonamides is 1. The van der Waals surface area contributed by atoms with Gasteiger partial charge in [-0.25, -0.2) is 8.42 Å². The number of amides is 1. The van der Waals surface area contributed by atoms with Crippen LogP contribution in [-0.2, 0) is 21.4 Å². The predicted molar refractivity (Wildman–Crippen MR) is 135 cm³/mol. The molecule has 0 aliphatic heterocycles. The van der Waals surface area contributed by atoms with E-state index >= 15 is 0 Å². The Morgan fingerprint density at radius 1 is 0.909 bits per heavy atom. The van der Waals surface area contributed by atoms with Gasteiger partial charge in [-0.05, 0) is 65.6 Å². The first kappa shape index (κ1) is 25.5. The van der Waals surface area contributed by atoms with Crippen LogP contribution in [0.2, 0.25) is 15.1 Å². The first-order valence-corrected chi connectivity index (χ1v) is 12.7. The summed E-state index contributed by atoms with van der Waals surface area (Å²) < 4.78 is 27.8. The summed E-state index contributed by atoms with van der Waals surface area (Å²) in [6, 6.07) is 18.1. The molecule has 3 aromatic carbocycles. The lowest BCUT2D eigenvalue weighted by atomic mass is 10.0. The van der Waals surface area contributed by atoms with E-state index in [4.69, 9.17) is 34.8 Å². The van der Waals surface area contributed by atoms with Gasteiger partial charge in [0, 0.05) is 17.3 Å². The Balaban J connectivity index is 1.86. The average molecular weight is 526 g/mol. The van der Waals surface area contributed by atoms with Gasteiger partial charge >= 0.3 is 0 Å². The molecule has 1 N–H and O–H groups in total. The van der Waals surface area contributed by atoms with Gasteiger partial charge in [0.05, 0.1) is 21.5 Å². The number of hydrogen-bond acceptors (Lipinski definition) is 3. The molecule has 0 fully saturated rings. The molecule has 0 saturated heterocycles. The van der Waals surface area contributed by atoms with E-state index in [-0.39, 0.29) is 11.4 Å². The van der Waals surface area contributed by atoms with Gasteiger partial charge in [0.15, 0.2) is 0 Å². The molecule has 0 bridgehead atoms. The van der Waals surface area contributed by atoms with E-state index in [0.29, 0.717) is 32.2 Å². The van der Waals surface area contributed by atoms with Crippen molar-refractivity contribution in [3.8, 4) is 0 Å². The van der Waals surface area contributed by atoms with Crippen molar-refractivity contribution in [1.29, 1.82) is 0 Å². The van der Waals surface area contributed by atoms with Crippen molar-refractivity contribution >= 4 is 56.4 Å². The number of hydrogen-bond donors (Lipinski definition) is 1. The lowest BCUT2D eigenvalue weighted by Gasteiger charge is -2.22. The van der Waals surface area contributed by atoms with Crippen molar-refractivity contribution in [2.45, 2.75) is 31.2 Å². The fourth-order valence-corrected chi connectivity index (χ4v) is 4.97. The number of carbonyl (C=O) groups is 1. The minimum Gasteiger partial charge on any atom is -0.325 e. The molecule has 0 heterocycles. The van der Waals surface area contributed by atoms with E-state index in [9.17, 15) is 13.2 Å². The maximum absolute atomic E-state index is 13.4. The summed E-state index contributed by atoms with van der Waals surface area (Å²) in [5.41, 5.74) is 2.32. The van der Waals surface area contributed by atoms with E-state index in [2.05, 4.69) is 19.2 Å². The van der Waals surface area contributed by atoms with Crippen molar-refractivity contribution in [3.05, 3.63) is 92.9 Å². The third-order valence-corrected chi connectivity index (χ3v) is 7.77. The normalized spacial score (nSPS) is 11.7. The molecule has 0 atom stereocenters. The topological polar surface area (TPSA) is 66.5 Å². The molecule has 0 aromatic heterocycles. The van der Waals surface area contributed by atoms with Gasteiger partial charge in [-0.2, -0.15) is 4.31 Å². The highest BCUT2D eigenvalue weighted by molar-refractivity contribution is 7.89. The fourth-order valence-electron chi connectivity index (χ4n) is 3.14. The minimum atomic E-state index is -4.01. The Morgan fingerprint density at radius 3 is 2.12 bits per heavy atom. The smallest absolute Gasteiger partial charge is 0.243 e. The van der Waals surface area contributed by atoms with E-state index in [1.807, 2.05) is 12.1 Å². The van der Waals surface area contributed by atoms with Crippen LogP contribution in [0.1, 0.15) is 30.9 Å². The van der Waals surface area contributed by atoms with Crippen LogP contribution in [0.4, 0.5) is 5.69 Å². The van der Waals surface area contributed by atoms with Gasteiger partial charge in [0.1, 0.15) is 0 Å². The Morgan fingerprint density at radius 2 is 1.55 bits per heavy atom. The highest BCUT2D eigenvalue weighted by atomic mass is 35.5. The highest BCUT2D eigenvalue weighted by Gasteiger charge is 2.27. The van der Waals surface area contributed by atoms with E-state index < -0.39 is 22.5 Å². The zero-order valence-electron chi connectivity index (χ0n) is 18.1. The quantitative estimate of drug-likeness (QED) is 0.360. The molecule has 0 aliphatic carbocycles. The molecule has 3 rings (SSSR count). The molecule has 0 spiro atoms. The maximum Gasteiger partial charge on any atom is 0.243 e. The summed E-state index contributed by atoms with van der Waals surface area (Å²) in [5, 5.41) is 3.83. The van der Waals surface area contributed by atoms with Gasteiger partial charge in [-0.3, -0.25) is 4.79 Å². The van der Waals surface area contributed by atoms with Crippen LogP contribution in [0, 0.1) is 0 Å². The molecule has 3 aromatic rings. The number of nitrogens with one attached hydrogen (secondary N) is 1. The number of benzene rings is 3. The first-order chi connectivity index (χ1) is 15.6. The van der Waals surface area contributed by atoms with Crippen LogP contribution in [0.3, 0.4) is 0 Å². The molecule has 0 radical (unpaired) electrons. The molecule has 33 heavy (non-hydrogen) atoms. The fraction of sp³-hybridized carbons (Fsp3) is 0.208. The van der Waals surface area contributed by atoms with E-state index in [1.165, 1.54) is 24.3 Å². The van der Waals surface area contributed by atoms with Crippen LogP contribution in [0.25, 0.3) is 0 Å². The van der Waals surface area contributed by atoms with E-state index in [0.717, 1.165) is 9.87 Å². The Kier molecular flexibility index (Phi) is 8.43. The molecule has 0 aliphatic rings. The van der Waals surface area contributed by atoms with Crippen molar-refractivity contribution in [3.63, 3.8) is 0 Å².